The standard InChI is InChI=1S/C34H30BNO3/c1-32(2)26-17-20(19-36)11-13-23(26)24-14-12-21(18-27(24)32)22-15-16-28(35-38-33(3,4)34(5,6)39-35)31-30(22)25-9-7-8-10-29(25)37-31/h7-18H,1-6H3. The van der Waals surface area contributed by atoms with Crippen LogP contribution in [0.3, 0.4) is 0 Å². The molecule has 1 saturated heterocycles. The van der Waals surface area contributed by atoms with E-state index in [0.717, 1.165) is 38.5 Å². The van der Waals surface area contributed by atoms with Gasteiger partial charge in [-0.2, -0.15) is 5.26 Å². The van der Waals surface area contributed by atoms with Gasteiger partial charge in [0.2, 0.25) is 0 Å². The van der Waals surface area contributed by atoms with Gasteiger partial charge in [0.1, 0.15) is 11.2 Å². The number of benzene rings is 4. The van der Waals surface area contributed by atoms with Gasteiger partial charge in [0.25, 0.3) is 0 Å². The van der Waals surface area contributed by atoms with E-state index in [4.69, 9.17) is 13.7 Å². The van der Waals surface area contributed by atoms with Crippen LogP contribution in [0.15, 0.2) is 77.2 Å². The fourth-order valence-corrected chi connectivity index (χ4v) is 6.22. The second-order valence-corrected chi connectivity index (χ2v) is 12.4. The maximum Gasteiger partial charge on any atom is 0.498 e. The SMILES string of the molecule is CC1(C)c2cc(C#N)ccc2-c2ccc(-c3ccc(B4OC(C)(C)C(C)(C)O4)c4oc5ccccc5c34)cc21. The Kier molecular flexibility index (Phi) is 4.87. The van der Waals surface area contributed by atoms with E-state index in [1.165, 1.54) is 22.3 Å². The average molecular weight is 511 g/mol. The quantitative estimate of drug-likeness (QED) is 0.228. The third kappa shape index (κ3) is 3.32. The van der Waals surface area contributed by atoms with Crippen molar-refractivity contribution in [3.8, 4) is 28.3 Å². The van der Waals surface area contributed by atoms with Gasteiger partial charge in [-0.1, -0.05) is 62.4 Å². The van der Waals surface area contributed by atoms with Crippen molar-refractivity contribution < 1.29 is 13.7 Å². The number of fused-ring (bicyclic) bond motifs is 6. The molecule has 0 saturated carbocycles. The molecule has 1 aliphatic carbocycles. The van der Waals surface area contributed by atoms with Crippen molar-refractivity contribution >= 4 is 34.5 Å². The van der Waals surface area contributed by atoms with Crippen LogP contribution in [0.4, 0.5) is 0 Å². The van der Waals surface area contributed by atoms with Crippen molar-refractivity contribution in [2.45, 2.75) is 58.2 Å². The van der Waals surface area contributed by atoms with E-state index < -0.39 is 18.3 Å². The van der Waals surface area contributed by atoms with Gasteiger partial charge in [-0.25, -0.2) is 0 Å². The maximum absolute atomic E-state index is 9.50. The lowest BCUT2D eigenvalue weighted by molar-refractivity contribution is 0.00578. The minimum atomic E-state index is -0.519. The molecule has 4 aromatic carbocycles. The molecule has 192 valence electrons. The Morgan fingerprint density at radius 1 is 0.718 bits per heavy atom. The van der Waals surface area contributed by atoms with E-state index in [-0.39, 0.29) is 5.41 Å². The molecule has 0 amide bonds. The van der Waals surface area contributed by atoms with Gasteiger partial charge in [-0.3, -0.25) is 0 Å². The predicted octanol–water partition coefficient (Wildman–Crippen LogP) is 7.73. The summed E-state index contributed by atoms with van der Waals surface area (Å²) in [7, 11) is -0.519. The van der Waals surface area contributed by atoms with Crippen LogP contribution in [-0.4, -0.2) is 18.3 Å². The van der Waals surface area contributed by atoms with Crippen LogP contribution >= 0.6 is 0 Å². The molecular formula is C34H30BNO3. The number of nitriles is 1. The van der Waals surface area contributed by atoms with Crippen molar-refractivity contribution in [2.75, 3.05) is 0 Å². The van der Waals surface area contributed by atoms with E-state index in [9.17, 15) is 5.26 Å². The smallest absolute Gasteiger partial charge is 0.456 e. The summed E-state index contributed by atoms with van der Waals surface area (Å²) >= 11 is 0. The van der Waals surface area contributed by atoms with Crippen molar-refractivity contribution in [3.63, 3.8) is 0 Å². The first kappa shape index (κ1) is 24.2. The molecular weight excluding hydrogens is 481 g/mol. The van der Waals surface area contributed by atoms with Gasteiger partial charge in [0.15, 0.2) is 0 Å². The minimum Gasteiger partial charge on any atom is -0.456 e. The molecule has 0 spiro atoms. The molecule has 7 rings (SSSR count). The van der Waals surface area contributed by atoms with Gasteiger partial charge < -0.3 is 13.7 Å². The van der Waals surface area contributed by atoms with E-state index >= 15 is 0 Å². The highest BCUT2D eigenvalue weighted by molar-refractivity contribution is 6.65. The number of hydrogen-bond donors (Lipinski definition) is 0. The lowest BCUT2D eigenvalue weighted by Gasteiger charge is -2.32. The predicted molar refractivity (Wildman–Crippen MR) is 157 cm³/mol. The monoisotopic (exact) mass is 511 g/mol. The van der Waals surface area contributed by atoms with E-state index in [1.54, 1.807) is 0 Å². The normalized spacial score (nSPS) is 18.3. The topological polar surface area (TPSA) is 55.4 Å². The molecule has 2 heterocycles. The fraction of sp³-hybridized carbons (Fsp3) is 0.265. The number of nitrogens with zero attached hydrogens (tertiary/aromatic N) is 1. The molecule has 4 nitrogen and oxygen atoms in total. The third-order valence-electron chi connectivity index (χ3n) is 9.18. The van der Waals surface area contributed by atoms with E-state index in [1.807, 2.05) is 24.3 Å². The minimum absolute atomic E-state index is 0.215. The van der Waals surface area contributed by atoms with Crippen molar-refractivity contribution in [3.05, 3.63) is 89.5 Å². The zero-order chi connectivity index (χ0) is 27.3. The van der Waals surface area contributed by atoms with Gasteiger partial charge in [-0.05, 0) is 85.3 Å². The zero-order valence-corrected chi connectivity index (χ0v) is 23.2. The molecule has 0 bridgehead atoms. The molecule has 0 radical (unpaired) electrons. The van der Waals surface area contributed by atoms with E-state index in [2.05, 4.69) is 96.1 Å². The summed E-state index contributed by atoms with van der Waals surface area (Å²) in [6.07, 6.45) is 0. The Morgan fingerprint density at radius 3 is 2.08 bits per heavy atom. The highest BCUT2D eigenvalue weighted by Crippen LogP contribution is 2.50. The summed E-state index contributed by atoms with van der Waals surface area (Å²) in [6.45, 7) is 12.8. The summed E-state index contributed by atoms with van der Waals surface area (Å²) < 4.78 is 19.4. The molecule has 1 fully saturated rings. The molecule has 2 aliphatic rings. The third-order valence-corrected chi connectivity index (χ3v) is 9.18. The molecule has 0 atom stereocenters. The highest BCUT2D eigenvalue weighted by Gasteiger charge is 2.52. The second-order valence-electron chi connectivity index (χ2n) is 12.4. The van der Waals surface area contributed by atoms with Gasteiger partial charge in [0.05, 0.1) is 22.8 Å². The maximum atomic E-state index is 9.50. The van der Waals surface area contributed by atoms with Crippen LogP contribution in [0.2, 0.25) is 0 Å². The van der Waals surface area contributed by atoms with Crippen molar-refractivity contribution in [1.82, 2.24) is 0 Å². The Labute approximate surface area is 229 Å². The molecule has 0 unspecified atom stereocenters. The molecule has 0 N–H and O–H groups in total. The van der Waals surface area contributed by atoms with Gasteiger partial charge >= 0.3 is 7.12 Å². The molecule has 5 heteroatoms. The van der Waals surface area contributed by atoms with Crippen molar-refractivity contribution in [2.24, 2.45) is 0 Å². The Hall–Kier alpha value is -3.85. The number of para-hydroxylation sites is 1. The summed E-state index contributed by atoms with van der Waals surface area (Å²) in [5.74, 6) is 0. The molecule has 5 aromatic rings. The first-order chi connectivity index (χ1) is 18.5. The van der Waals surface area contributed by atoms with E-state index in [0.29, 0.717) is 5.56 Å². The first-order valence-electron chi connectivity index (χ1n) is 13.5. The first-order valence-corrected chi connectivity index (χ1v) is 13.5. The Balaban J connectivity index is 1.43. The second kappa shape index (κ2) is 7.85. The summed E-state index contributed by atoms with van der Waals surface area (Å²) in [6, 6.07) is 27.5. The summed E-state index contributed by atoms with van der Waals surface area (Å²) in [5, 5.41) is 11.6. The van der Waals surface area contributed by atoms with Crippen LogP contribution in [0.1, 0.15) is 58.2 Å². The fourth-order valence-electron chi connectivity index (χ4n) is 6.22. The number of rotatable bonds is 2. The number of furan rings is 1. The molecule has 1 aliphatic heterocycles. The number of hydrogen-bond acceptors (Lipinski definition) is 4. The van der Waals surface area contributed by atoms with Gasteiger partial charge in [-0.15, -0.1) is 0 Å². The highest BCUT2D eigenvalue weighted by atomic mass is 16.7. The van der Waals surface area contributed by atoms with Crippen molar-refractivity contribution in [1.29, 1.82) is 5.26 Å². The Bertz CT molecular complexity index is 1860. The summed E-state index contributed by atoms with van der Waals surface area (Å²) in [5.41, 5.74) is 9.28. The van der Waals surface area contributed by atoms with Crippen LogP contribution in [0.5, 0.6) is 0 Å². The van der Waals surface area contributed by atoms with Gasteiger partial charge in [0, 0.05) is 21.7 Å². The average Bonchev–Trinajstić information content (AvgIpc) is 3.48. The Morgan fingerprint density at radius 2 is 1.36 bits per heavy atom. The lowest BCUT2D eigenvalue weighted by atomic mass is 9.76. The lowest BCUT2D eigenvalue weighted by Crippen LogP contribution is -2.41. The summed E-state index contributed by atoms with van der Waals surface area (Å²) in [4.78, 5) is 0. The molecule has 1 aromatic heterocycles. The van der Waals surface area contributed by atoms with Crippen LogP contribution in [-0.2, 0) is 14.7 Å². The van der Waals surface area contributed by atoms with Crippen LogP contribution in [0, 0.1) is 11.3 Å². The van der Waals surface area contributed by atoms with Crippen LogP contribution in [0.25, 0.3) is 44.2 Å². The largest absolute Gasteiger partial charge is 0.498 e. The van der Waals surface area contributed by atoms with Crippen LogP contribution < -0.4 is 5.46 Å². The zero-order valence-electron chi connectivity index (χ0n) is 23.2. The molecule has 39 heavy (non-hydrogen) atoms.